The monoisotopic (exact) mass is 333 g/mol. The van der Waals surface area contributed by atoms with Crippen LogP contribution in [-0.4, -0.2) is 44.7 Å². The molecule has 1 aromatic carbocycles. The number of hydrogen-bond donors (Lipinski definition) is 1. The number of fused-ring (bicyclic) bond motifs is 1. The van der Waals surface area contributed by atoms with Crippen molar-refractivity contribution in [3.8, 4) is 11.5 Å². The first kappa shape index (κ1) is 15.7. The zero-order chi connectivity index (χ0) is 16.4. The van der Waals surface area contributed by atoms with E-state index in [0.717, 1.165) is 30.3 Å². The molecule has 6 heteroatoms. The van der Waals surface area contributed by atoms with Crippen LogP contribution in [0.2, 0.25) is 0 Å². The van der Waals surface area contributed by atoms with E-state index in [1.54, 1.807) is 0 Å². The Morgan fingerprint density at radius 2 is 2.08 bits per heavy atom. The molecule has 1 saturated heterocycles. The minimum Gasteiger partial charge on any atom is -0.454 e. The van der Waals surface area contributed by atoms with Crippen molar-refractivity contribution in [3.05, 3.63) is 23.8 Å². The molecule has 3 aliphatic rings. The van der Waals surface area contributed by atoms with Gasteiger partial charge in [0.2, 0.25) is 12.7 Å². The van der Waals surface area contributed by atoms with Crippen molar-refractivity contribution in [1.82, 2.24) is 5.32 Å². The van der Waals surface area contributed by atoms with Crippen molar-refractivity contribution >= 4 is 5.91 Å². The van der Waals surface area contributed by atoms with Crippen molar-refractivity contribution in [2.45, 2.75) is 37.8 Å². The lowest BCUT2D eigenvalue weighted by atomic mass is 10.1. The third-order valence-electron chi connectivity index (χ3n) is 4.68. The SMILES string of the molecule is O=C(Cc1ccc2c(c1)OCO2)N[C@@H]1COCC[C@@H]1OCC1CC1. The van der Waals surface area contributed by atoms with E-state index in [1.165, 1.54) is 12.8 Å². The van der Waals surface area contributed by atoms with E-state index >= 15 is 0 Å². The molecule has 1 aliphatic carbocycles. The van der Waals surface area contributed by atoms with Gasteiger partial charge in [0.15, 0.2) is 11.5 Å². The Morgan fingerprint density at radius 1 is 1.21 bits per heavy atom. The van der Waals surface area contributed by atoms with Crippen LogP contribution in [0.1, 0.15) is 24.8 Å². The number of ether oxygens (including phenoxy) is 4. The van der Waals surface area contributed by atoms with Gasteiger partial charge in [0.05, 0.1) is 25.2 Å². The summed E-state index contributed by atoms with van der Waals surface area (Å²) in [6.07, 6.45) is 3.74. The van der Waals surface area contributed by atoms with Gasteiger partial charge in [0.25, 0.3) is 0 Å². The Kier molecular flexibility index (Phi) is 4.58. The lowest BCUT2D eigenvalue weighted by molar-refractivity contribution is -0.125. The molecule has 2 heterocycles. The first-order chi connectivity index (χ1) is 11.8. The van der Waals surface area contributed by atoms with Crippen molar-refractivity contribution in [2.75, 3.05) is 26.6 Å². The average molecular weight is 333 g/mol. The maximum atomic E-state index is 12.4. The van der Waals surface area contributed by atoms with Gasteiger partial charge in [0.1, 0.15) is 0 Å². The van der Waals surface area contributed by atoms with Gasteiger partial charge in [-0.1, -0.05) is 6.07 Å². The van der Waals surface area contributed by atoms with E-state index in [2.05, 4.69) is 5.32 Å². The number of hydrogen-bond acceptors (Lipinski definition) is 5. The van der Waals surface area contributed by atoms with E-state index in [-0.39, 0.29) is 24.8 Å². The number of nitrogens with one attached hydrogen (secondary N) is 1. The van der Waals surface area contributed by atoms with Crippen molar-refractivity contribution < 1.29 is 23.7 Å². The lowest BCUT2D eigenvalue weighted by Gasteiger charge is -2.32. The number of rotatable bonds is 6. The molecule has 2 aliphatic heterocycles. The molecule has 0 radical (unpaired) electrons. The molecule has 4 rings (SSSR count). The van der Waals surface area contributed by atoms with Crippen molar-refractivity contribution in [3.63, 3.8) is 0 Å². The molecule has 1 N–H and O–H groups in total. The molecule has 0 spiro atoms. The van der Waals surface area contributed by atoms with E-state index in [4.69, 9.17) is 18.9 Å². The maximum absolute atomic E-state index is 12.4. The highest BCUT2D eigenvalue weighted by Crippen LogP contribution is 2.32. The van der Waals surface area contributed by atoms with E-state index in [0.29, 0.717) is 25.4 Å². The summed E-state index contributed by atoms with van der Waals surface area (Å²) in [5, 5.41) is 3.07. The fourth-order valence-electron chi connectivity index (χ4n) is 3.09. The van der Waals surface area contributed by atoms with Gasteiger partial charge in [-0.25, -0.2) is 0 Å². The molecule has 0 unspecified atom stereocenters. The van der Waals surface area contributed by atoms with Crippen LogP contribution in [0.4, 0.5) is 0 Å². The summed E-state index contributed by atoms with van der Waals surface area (Å²) in [7, 11) is 0. The number of amides is 1. The first-order valence-electron chi connectivity index (χ1n) is 8.65. The summed E-state index contributed by atoms with van der Waals surface area (Å²) in [4.78, 5) is 12.4. The molecule has 24 heavy (non-hydrogen) atoms. The Labute approximate surface area is 141 Å². The Morgan fingerprint density at radius 3 is 2.96 bits per heavy atom. The van der Waals surface area contributed by atoms with Gasteiger partial charge in [-0.05, 0) is 42.9 Å². The van der Waals surface area contributed by atoms with Crippen LogP contribution in [0.5, 0.6) is 11.5 Å². The Hall–Kier alpha value is -1.79. The van der Waals surface area contributed by atoms with Crippen molar-refractivity contribution in [2.24, 2.45) is 5.92 Å². The van der Waals surface area contributed by atoms with Crippen molar-refractivity contribution in [1.29, 1.82) is 0 Å². The minimum atomic E-state index is -0.0704. The largest absolute Gasteiger partial charge is 0.454 e. The topological polar surface area (TPSA) is 66.0 Å². The van der Waals surface area contributed by atoms with Gasteiger partial charge in [-0.15, -0.1) is 0 Å². The Bertz CT molecular complexity index is 601. The summed E-state index contributed by atoms with van der Waals surface area (Å²) in [6.45, 7) is 2.26. The van der Waals surface area contributed by atoms with E-state index < -0.39 is 0 Å². The molecule has 2 atom stereocenters. The number of benzene rings is 1. The normalized spacial score (nSPS) is 25.5. The highest BCUT2D eigenvalue weighted by atomic mass is 16.7. The van der Waals surface area contributed by atoms with Gasteiger partial charge in [-0.3, -0.25) is 4.79 Å². The fourth-order valence-corrected chi connectivity index (χ4v) is 3.09. The summed E-state index contributed by atoms with van der Waals surface area (Å²) in [5.74, 6) is 2.13. The van der Waals surface area contributed by atoms with Crippen LogP contribution in [0.25, 0.3) is 0 Å². The molecule has 0 bridgehead atoms. The van der Waals surface area contributed by atoms with Crippen LogP contribution < -0.4 is 14.8 Å². The Balaban J connectivity index is 1.31. The fraction of sp³-hybridized carbons (Fsp3) is 0.611. The number of carbonyl (C=O) groups excluding carboxylic acids is 1. The summed E-state index contributed by atoms with van der Waals surface area (Å²) in [5.41, 5.74) is 0.906. The molecule has 0 aromatic heterocycles. The van der Waals surface area contributed by atoms with Gasteiger partial charge >= 0.3 is 0 Å². The summed E-state index contributed by atoms with van der Waals surface area (Å²) < 4.78 is 22.2. The highest BCUT2D eigenvalue weighted by Gasteiger charge is 2.30. The maximum Gasteiger partial charge on any atom is 0.231 e. The van der Waals surface area contributed by atoms with Gasteiger partial charge in [0, 0.05) is 13.2 Å². The third-order valence-corrected chi connectivity index (χ3v) is 4.68. The first-order valence-corrected chi connectivity index (χ1v) is 8.65. The predicted octanol–water partition coefficient (Wildman–Crippen LogP) is 1.66. The molecule has 2 fully saturated rings. The van der Waals surface area contributed by atoms with Crippen LogP contribution in [0, 0.1) is 5.92 Å². The second-order valence-electron chi connectivity index (χ2n) is 6.72. The quantitative estimate of drug-likeness (QED) is 0.858. The van der Waals surface area contributed by atoms with Crippen LogP contribution in [0.15, 0.2) is 18.2 Å². The van der Waals surface area contributed by atoms with Crippen LogP contribution >= 0.6 is 0 Å². The standard InChI is InChI=1S/C18H23NO5/c20-18(8-13-3-4-16-17(7-13)24-11-23-16)19-14-10-21-6-5-15(14)22-9-12-1-2-12/h3-4,7,12,14-15H,1-2,5-6,8-11H2,(H,19,20)/t14-,15+/m1/s1. The molecular formula is C18H23NO5. The molecule has 130 valence electrons. The highest BCUT2D eigenvalue weighted by molar-refractivity contribution is 5.79. The predicted molar refractivity (Wildman–Crippen MR) is 86.1 cm³/mol. The molecule has 6 nitrogen and oxygen atoms in total. The van der Waals surface area contributed by atoms with Crippen LogP contribution in [0.3, 0.4) is 0 Å². The second kappa shape index (κ2) is 6.99. The zero-order valence-electron chi connectivity index (χ0n) is 13.7. The summed E-state index contributed by atoms with van der Waals surface area (Å²) >= 11 is 0. The van der Waals surface area contributed by atoms with Gasteiger partial charge < -0.3 is 24.3 Å². The smallest absolute Gasteiger partial charge is 0.231 e. The zero-order valence-corrected chi connectivity index (χ0v) is 13.7. The summed E-state index contributed by atoms with van der Waals surface area (Å²) in [6, 6.07) is 5.53. The van der Waals surface area contributed by atoms with Gasteiger partial charge in [-0.2, -0.15) is 0 Å². The minimum absolute atomic E-state index is 0.0237. The lowest BCUT2D eigenvalue weighted by Crippen LogP contribution is -2.51. The third kappa shape index (κ3) is 3.82. The molecule has 1 amide bonds. The average Bonchev–Trinajstić information content (AvgIpc) is 3.30. The molecule has 1 aromatic rings. The van der Waals surface area contributed by atoms with Crippen LogP contribution in [-0.2, 0) is 20.7 Å². The molecule has 1 saturated carbocycles. The van der Waals surface area contributed by atoms with E-state index in [9.17, 15) is 4.79 Å². The second-order valence-corrected chi connectivity index (χ2v) is 6.72. The molecular weight excluding hydrogens is 310 g/mol. The number of carbonyl (C=O) groups is 1. The van der Waals surface area contributed by atoms with E-state index in [1.807, 2.05) is 18.2 Å².